The number of hydrogen-bond donors (Lipinski definition) is 0. The topological polar surface area (TPSA) is 68.7 Å². The second-order valence-electron chi connectivity index (χ2n) is 4.36. The standard InChI is InChI=1S/C13H16N2O4/c1-9-5-10(7-14-6-9)12(16)15-3-4-19-8-11(15)13(17)18-2/h5-7,11H,3-4,8H2,1-2H3. The molecule has 6 nitrogen and oxygen atoms in total. The van der Waals surface area contributed by atoms with Gasteiger partial charge in [0.25, 0.3) is 5.91 Å². The number of nitrogens with zero attached hydrogens (tertiary/aromatic N) is 2. The minimum absolute atomic E-state index is 0.164. The Morgan fingerprint density at radius 1 is 1.47 bits per heavy atom. The van der Waals surface area contributed by atoms with Gasteiger partial charge in [-0.15, -0.1) is 0 Å². The van der Waals surface area contributed by atoms with Crippen LogP contribution in [0.25, 0.3) is 0 Å². The molecular weight excluding hydrogens is 248 g/mol. The average molecular weight is 264 g/mol. The second kappa shape index (κ2) is 5.79. The normalized spacial score (nSPS) is 19.1. The number of hydrogen-bond acceptors (Lipinski definition) is 5. The predicted molar refractivity (Wildman–Crippen MR) is 66.6 cm³/mol. The van der Waals surface area contributed by atoms with Gasteiger partial charge in [0.1, 0.15) is 0 Å². The first-order chi connectivity index (χ1) is 9.13. The average Bonchev–Trinajstić information content (AvgIpc) is 2.45. The number of rotatable bonds is 2. The van der Waals surface area contributed by atoms with E-state index in [-0.39, 0.29) is 12.5 Å². The molecule has 1 aliphatic rings. The highest BCUT2D eigenvalue weighted by molar-refractivity contribution is 5.96. The van der Waals surface area contributed by atoms with E-state index >= 15 is 0 Å². The fraction of sp³-hybridized carbons (Fsp3) is 0.462. The third-order valence-corrected chi connectivity index (χ3v) is 2.98. The van der Waals surface area contributed by atoms with Crippen molar-refractivity contribution in [3.63, 3.8) is 0 Å². The Hall–Kier alpha value is -1.95. The largest absolute Gasteiger partial charge is 0.467 e. The summed E-state index contributed by atoms with van der Waals surface area (Å²) in [5, 5.41) is 0. The van der Waals surface area contributed by atoms with E-state index in [1.807, 2.05) is 6.92 Å². The molecule has 6 heteroatoms. The molecule has 2 rings (SSSR count). The maximum atomic E-state index is 12.4. The predicted octanol–water partition coefficient (Wildman–Crippen LogP) is 0.404. The number of amides is 1. The summed E-state index contributed by atoms with van der Waals surface area (Å²) in [6, 6.07) is 1.06. The molecule has 0 bridgehead atoms. The summed E-state index contributed by atoms with van der Waals surface area (Å²) in [6.07, 6.45) is 3.17. The van der Waals surface area contributed by atoms with Crippen LogP contribution in [0.4, 0.5) is 0 Å². The molecular formula is C13H16N2O4. The maximum Gasteiger partial charge on any atom is 0.331 e. The van der Waals surface area contributed by atoms with Crippen molar-refractivity contribution in [2.24, 2.45) is 0 Å². The lowest BCUT2D eigenvalue weighted by atomic mass is 10.1. The van der Waals surface area contributed by atoms with Gasteiger partial charge in [-0.3, -0.25) is 9.78 Å². The third kappa shape index (κ3) is 2.90. The van der Waals surface area contributed by atoms with Gasteiger partial charge in [0, 0.05) is 18.9 Å². The van der Waals surface area contributed by atoms with Crippen LogP contribution >= 0.6 is 0 Å². The first kappa shape index (κ1) is 13.5. The zero-order chi connectivity index (χ0) is 13.8. The molecule has 0 spiro atoms. The number of carbonyl (C=O) groups is 2. The van der Waals surface area contributed by atoms with Crippen LogP contribution in [0.5, 0.6) is 0 Å². The summed E-state index contributed by atoms with van der Waals surface area (Å²) >= 11 is 0. The second-order valence-corrected chi connectivity index (χ2v) is 4.36. The van der Waals surface area contributed by atoms with E-state index in [1.54, 1.807) is 12.3 Å². The molecule has 1 saturated heterocycles. The van der Waals surface area contributed by atoms with E-state index in [0.29, 0.717) is 18.7 Å². The van der Waals surface area contributed by atoms with Crippen LogP contribution in [0, 0.1) is 6.92 Å². The fourth-order valence-corrected chi connectivity index (χ4v) is 2.02. The van der Waals surface area contributed by atoms with Crippen molar-refractivity contribution in [3.05, 3.63) is 29.6 Å². The van der Waals surface area contributed by atoms with Crippen LogP contribution in [0.1, 0.15) is 15.9 Å². The highest BCUT2D eigenvalue weighted by atomic mass is 16.5. The van der Waals surface area contributed by atoms with Gasteiger partial charge in [0.05, 0.1) is 25.9 Å². The summed E-state index contributed by atoms with van der Waals surface area (Å²) in [4.78, 5) is 29.5. The number of morpholine rings is 1. The lowest BCUT2D eigenvalue weighted by Gasteiger charge is -2.33. The smallest absolute Gasteiger partial charge is 0.331 e. The van der Waals surface area contributed by atoms with E-state index in [0.717, 1.165) is 5.56 Å². The molecule has 1 amide bonds. The Bertz CT molecular complexity index is 489. The highest BCUT2D eigenvalue weighted by Crippen LogP contribution is 2.14. The molecule has 1 unspecified atom stereocenters. The fourth-order valence-electron chi connectivity index (χ4n) is 2.02. The molecule has 102 valence electrons. The lowest BCUT2D eigenvalue weighted by Crippen LogP contribution is -2.53. The number of aryl methyl sites for hydroxylation is 1. The minimum Gasteiger partial charge on any atom is -0.467 e. The van der Waals surface area contributed by atoms with Crippen molar-refractivity contribution in [2.45, 2.75) is 13.0 Å². The zero-order valence-electron chi connectivity index (χ0n) is 11.0. The molecule has 2 heterocycles. The monoisotopic (exact) mass is 264 g/mol. The van der Waals surface area contributed by atoms with E-state index in [2.05, 4.69) is 4.98 Å². The van der Waals surface area contributed by atoms with Gasteiger partial charge in [0.15, 0.2) is 6.04 Å². The highest BCUT2D eigenvalue weighted by Gasteiger charge is 2.34. The first-order valence-electron chi connectivity index (χ1n) is 6.01. The number of methoxy groups -OCH3 is 1. The van der Waals surface area contributed by atoms with Crippen molar-refractivity contribution >= 4 is 11.9 Å². The van der Waals surface area contributed by atoms with Crippen LogP contribution in [-0.4, -0.2) is 54.7 Å². The minimum atomic E-state index is -0.688. The van der Waals surface area contributed by atoms with Gasteiger partial charge < -0.3 is 14.4 Å². The van der Waals surface area contributed by atoms with Crippen molar-refractivity contribution in [3.8, 4) is 0 Å². The van der Waals surface area contributed by atoms with Gasteiger partial charge in [-0.25, -0.2) is 4.79 Å². The first-order valence-corrected chi connectivity index (χ1v) is 6.01. The zero-order valence-corrected chi connectivity index (χ0v) is 11.0. The van der Waals surface area contributed by atoms with Crippen LogP contribution in [0.3, 0.4) is 0 Å². The Balaban J connectivity index is 2.22. The summed E-state index contributed by atoms with van der Waals surface area (Å²) in [5.74, 6) is -0.691. The van der Waals surface area contributed by atoms with Gasteiger partial charge in [-0.1, -0.05) is 0 Å². The van der Waals surface area contributed by atoms with Crippen LogP contribution in [0.2, 0.25) is 0 Å². The van der Waals surface area contributed by atoms with E-state index in [9.17, 15) is 9.59 Å². The van der Waals surface area contributed by atoms with Crippen LogP contribution in [-0.2, 0) is 14.3 Å². The number of carbonyl (C=O) groups excluding carboxylic acids is 2. The van der Waals surface area contributed by atoms with Crippen LogP contribution < -0.4 is 0 Å². The van der Waals surface area contributed by atoms with Gasteiger partial charge >= 0.3 is 5.97 Å². The Labute approximate surface area is 111 Å². The van der Waals surface area contributed by atoms with Gasteiger partial charge in [-0.05, 0) is 18.6 Å². The Kier molecular flexibility index (Phi) is 4.11. The summed E-state index contributed by atoms with van der Waals surface area (Å²) in [6.45, 7) is 2.81. The molecule has 0 radical (unpaired) electrons. The number of ether oxygens (including phenoxy) is 2. The quantitative estimate of drug-likeness (QED) is 0.723. The molecule has 1 fully saturated rings. The van der Waals surface area contributed by atoms with Gasteiger partial charge in [0.2, 0.25) is 0 Å². The Morgan fingerprint density at radius 3 is 2.95 bits per heavy atom. The number of pyridine rings is 1. The third-order valence-electron chi connectivity index (χ3n) is 2.98. The molecule has 0 saturated carbocycles. The molecule has 19 heavy (non-hydrogen) atoms. The molecule has 1 atom stereocenters. The van der Waals surface area contributed by atoms with E-state index in [1.165, 1.54) is 18.2 Å². The number of aromatic nitrogens is 1. The van der Waals surface area contributed by atoms with Crippen molar-refractivity contribution < 1.29 is 19.1 Å². The summed E-state index contributed by atoms with van der Waals surface area (Å²) < 4.78 is 9.94. The molecule has 1 aromatic rings. The summed E-state index contributed by atoms with van der Waals surface area (Å²) in [7, 11) is 1.30. The lowest BCUT2D eigenvalue weighted by molar-refractivity contribution is -0.151. The molecule has 1 aliphatic heterocycles. The van der Waals surface area contributed by atoms with Crippen molar-refractivity contribution in [2.75, 3.05) is 26.9 Å². The Morgan fingerprint density at radius 2 is 2.26 bits per heavy atom. The van der Waals surface area contributed by atoms with E-state index in [4.69, 9.17) is 9.47 Å². The SMILES string of the molecule is COC(=O)C1COCCN1C(=O)c1cncc(C)c1. The van der Waals surface area contributed by atoms with Crippen LogP contribution in [0.15, 0.2) is 18.5 Å². The van der Waals surface area contributed by atoms with Crippen molar-refractivity contribution in [1.29, 1.82) is 0 Å². The molecule has 1 aromatic heterocycles. The maximum absolute atomic E-state index is 12.4. The molecule has 0 aliphatic carbocycles. The van der Waals surface area contributed by atoms with E-state index < -0.39 is 12.0 Å². The summed E-state index contributed by atoms with van der Waals surface area (Å²) in [5.41, 5.74) is 1.37. The van der Waals surface area contributed by atoms with Crippen molar-refractivity contribution in [1.82, 2.24) is 9.88 Å². The van der Waals surface area contributed by atoms with Gasteiger partial charge in [-0.2, -0.15) is 0 Å². The molecule has 0 N–H and O–H groups in total. The number of esters is 1. The molecule has 0 aromatic carbocycles.